The van der Waals surface area contributed by atoms with Crippen LogP contribution in [0.2, 0.25) is 0 Å². The fourth-order valence-electron chi connectivity index (χ4n) is 2.44. The van der Waals surface area contributed by atoms with E-state index in [1.165, 1.54) is 6.07 Å². The van der Waals surface area contributed by atoms with Gasteiger partial charge in [-0.2, -0.15) is 0 Å². The Morgan fingerprint density at radius 2 is 1.95 bits per heavy atom. The van der Waals surface area contributed by atoms with Crippen molar-refractivity contribution in [2.75, 3.05) is 12.4 Å². The molecule has 3 N–H and O–H groups in total. The molecule has 0 aromatic heterocycles. The van der Waals surface area contributed by atoms with Crippen LogP contribution in [0.4, 0.5) is 5.69 Å². The van der Waals surface area contributed by atoms with Gasteiger partial charge in [0.1, 0.15) is 0 Å². The van der Waals surface area contributed by atoms with Gasteiger partial charge in [-0.05, 0) is 43.9 Å². The minimum Gasteiger partial charge on any atom is -0.382 e. The first kappa shape index (κ1) is 14.3. The van der Waals surface area contributed by atoms with Crippen LogP contribution < -0.4 is 10.5 Å². The van der Waals surface area contributed by atoms with Gasteiger partial charge in [0, 0.05) is 18.8 Å². The Hall–Kier alpha value is -1.11. The smallest absolute Gasteiger partial charge is 0.238 e. The number of hydrogen-bond acceptors (Lipinski definition) is 4. The minimum atomic E-state index is -3.64. The van der Waals surface area contributed by atoms with E-state index < -0.39 is 10.0 Å². The number of rotatable bonds is 4. The molecule has 0 amide bonds. The van der Waals surface area contributed by atoms with Gasteiger partial charge in [-0.15, -0.1) is 0 Å². The van der Waals surface area contributed by atoms with Gasteiger partial charge in [-0.1, -0.05) is 6.07 Å². The summed E-state index contributed by atoms with van der Waals surface area (Å²) in [6.45, 7) is 0. The summed E-state index contributed by atoms with van der Waals surface area (Å²) in [5.74, 6) is 0. The van der Waals surface area contributed by atoms with Gasteiger partial charge in [0.05, 0.1) is 11.0 Å². The zero-order chi connectivity index (χ0) is 13.9. The normalized spacial score (nSPS) is 24.1. The molecule has 6 heteroatoms. The van der Waals surface area contributed by atoms with Gasteiger partial charge < -0.3 is 10.1 Å². The molecule has 0 unspecified atom stereocenters. The molecule has 1 aliphatic rings. The molecule has 0 radical (unpaired) electrons. The summed E-state index contributed by atoms with van der Waals surface area (Å²) >= 11 is 0. The molecule has 0 spiro atoms. The number of sulfonamides is 1. The fourth-order valence-corrected chi connectivity index (χ4v) is 3.00. The molecule has 19 heavy (non-hydrogen) atoms. The van der Waals surface area contributed by atoms with Crippen LogP contribution in [0, 0.1) is 0 Å². The lowest BCUT2D eigenvalue weighted by molar-refractivity contribution is 0.0682. The van der Waals surface area contributed by atoms with Crippen molar-refractivity contribution in [3.63, 3.8) is 0 Å². The summed E-state index contributed by atoms with van der Waals surface area (Å²) in [6, 6.07) is 7.00. The van der Waals surface area contributed by atoms with Crippen molar-refractivity contribution in [1.29, 1.82) is 0 Å². The first-order valence-corrected chi connectivity index (χ1v) is 7.96. The van der Waals surface area contributed by atoms with E-state index in [4.69, 9.17) is 9.88 Å². The quantitative estimate of drug-likeness (QED) is 0.881. The maximum absolute atomic E-state index is 11.3. The van der Waals surface area contributed by atoms with E-state index in [1.807, 2.05) is 6.07 Å². The zero-order valence-corrected chi connectivity index (χ0v) is 11.8. The molecule has 1 aliphatic carbocycles. The first-order valence-electron chi connectivity index (χ1n) is 6.41. The molecule has 2 rings (SSSR count). The average Bonchev–Trinajstić information content (AvgIpc) is 2.39. The van der Waals surface area contributed by atoms with Crippen molar-refractivity contribution >= 4 is 15.7 Å². The van der Waals surface area contributed by atoms with E-state index in [-0.39, 0.29) is 4.90 Å². The van der Waals surface area contributed by atoms with Crippen LogP contribution in [0.1, 0.15) is 25.7 Å². The van der Waals surface area contributed by atoms with Gasteiger partial charge in [-0.25, -0.2) is 13.6 Å². The molecule has 0 aliphatic heterocycles. The van der Waals surface area contributed by atoms with Gasteiger partial charge in [0.15, 0.2) is 0 Å². The van der Waals surface area contributed by atoms with Crippen molar-refractivity contribution in [2.45, 2.75) is 42.7 Å². The van der Waals surface area contributed by atoms with Crippen LogP contribution in [0.3, 0.4) is 0 Å². The van der Waals surface area contributed by atoms with Crippen molar-refractivity contribution < 1.29 is 13.2 Å². The maximum Gasteiger partial charge on any atom is 0.238 e. The number of primary sulfonamides is 1. The summed E-state index contributed by atoms with van der Waals surface area (Å²) < 4.78 is 27.9. The topological polar surface area (TPSA) is 81.4 Å². The largest absolute Gasteiger partial charge is 0.382 e. The third kappa shape index (κ3) is 3.92. The minimum absolute atomic E-state index is 0.142. The van der Waals surface area contributed by atoms with E-state index in [0.29, 0.717) is 12.1 Å². The summed E-state index contributed by atoms with van der Waals surface area (Å²) in [5, 5.41) is 8.49. The van der Waals surface area contributed by atoms with Crippen molar-refractivity contribution in [3.8, 4) is 0 Å². The van der Waals surface area contributed by atoms with Gasteiger partial charge in [0.2, 0.25) is 10.0 Å². The summed E-state index contributed by atoms with van der Waals surface area (Å²) in [4.78, 5) is 0.142. The van der Waals surface area contributed by atoms with Crippen molar-refractivity contribution in [1.82, 2.24) is 0 Å². The van der Waals surface area contributed by atoms with Crippen LogP contribution in [0.25, 0.3) is 0 Å². The lowest BCUT2D eigenvalue weighted by Gasteiger charge is -2.29. The third-order valence-electron chi connectivity index (χ3n) is 3.54. The van der Waals surface area contributed by atoms with E-state index in [1.54, 1.807) is 19.2 Å². The molecule has 1 aromatic rings. The van der Waals surface area contributed by atoms with Gasteiger partial charge in [0.25, 0.3) is 0 Å². The number of benzene rings is 1. The number of nitrogens with one attached hydrogen (secondary N) is 1. The standard InChI is InChI=1S/C13H20N2O3S/c1-18-12-7-5-10(6-8-12)15-11-3-2-4-13(9-11)19(14,16)17/h2-4,9-10,12,15H,5-8H2,1H3,(H2,14,16,17). The Morgan fingerprint density at radius 3 is 2.53 bits per heavy atom. The molecule has 0 saturated heterocycles. The van der Waals surface area contributed by atoms with Gasteiger partial charge in [-0.3, -0.25) is 0 Å². The third-order valence-corrected chi connectivity index (χ3v) is 4.45. The second-order valence-electron chi connectivity index (χ2n) is 4.93. The lowest BCUT2D eigenvalue weighted by atomic mass is 9.93. The highest BCUT2D eigenvalue weighted by atomic mass is 32.2. The molecule has 5 nitrogen and oxygen atoms in total. The second-order valence-corrected chi connectivity index (χ2v) is 6.49. The number of anilines is 1. The summed E-state index contributed by atoms with van der Waals surface area (Å²) in [5.41, 5.74) is 0.799. The number of ether oxygens (including phenoxy) is 1. The van der Waals surface area contributed by atoms with Crippen LogP contribution in [-0.4, -0.2) is 27.7 Å². The molecule has 0 atom stereocenters. The Kier molecular flexibility index (Phi) is 4.44. The van der Waals surface area contributed by atoms with E-state index in [9.17, 15) is 8.42 Å². The zero-order valence-electron chi connectivity index (χ0n) is 11.0. The fraction of sp³-hybridized carbons (Fsp3) is 0.538. The van der Waals surface area contributed by atoms with Crippen LogP contribution in [0.5, 0.6) is 0 Å². The summed E-state index contributed by atoms with van der Waals surface area (Å²) in [7, 11) is -1.89. The predicted octanol–water partition coefficient (Wildman–Crippen LogP) is 1.70. The molecule has 1 saturated carbocycles. The van der Waals surface area contributed by atoms with Crippen LogP contribution in [0.15, 0.2) is 29.2 Å². The molecular weight excluding hydrogens is 264 g/mol. The number of hydrogen-bond donors (Lipinski definition) is 2. The first-order chi connectivity index (χ1) is 8.99. The molecule has 0 heterocycles. The highest BCUT2D eigenvalue weighted by molar-refractivity contribution is 7.89. The highest BCUT2D eigenvalue weighted by Crippen LogP contribution is 2.24. The van der Waals surface area contributed by atoms with Crippen LogP contribution >= 0.6 is 0 Å². The Labute approximate surface area is 114 Å². The number of nitrogens with two attached hydrogens (primary N) is 1. The second kappa shape index (κ2) is 5.90. The Balaban J connectivity index is 2.00. The molecule has 1 aromatic carbocycles. The Bertz CT molecular complexity index is 522. The molecule has 106 valence electrons. The van der Waals surface area contributed by atoms with Crippen LogP contribution in [-0.2, 0) is 14.8 Å². The molecular formula is C13H20N2O3S. The van der Waals surface area contributed by atoms with Crippen molar-refractivity contribution in [2.24, 2.45) is 5.14 Å². The number of methoxy groups -OCH3 is 1. The SMILES string of the molecule is COC1CCC(Nc2cccc(S(N)(=O)=O)c2)CC1. The molecule has 1 fully saturated rings. The predicted molar refractivity (Wildman–Crippen MR) is 74.5 cm³/mol. The van der Waals surface area contributed by atoms with Gasteiger partial charge >= 0.3 is 0 Å². The van der Waals surface area contributed by atoms with E-state index in [0.717, 1.165) is 31.4 Å². The van der Waals surface area contributed by atoms with Crippen molar-refractivity contribution in [3.05, 3.63) is 24.3 Å². The average molecular weight is 284 g/mol. The summed E-state index contributed by atoms with van der Waals surface area (Å²) in [6.07, 6.45) is 4.47. The lowest BCUT2D eigenvalue weighted by Crippen LogP contribution is -2.29. The Morgan fingerprint density at radius 1 is 1.26 bits per heavy atom. The van der Waals surface area contributed by atoms with E-state index >= 15 is 0 Å². The monoisotopic (exact) mass is 284 g/mol. The highest BCUT2D eigenvalue weighted by Gasteiger charge is 2.20. The maximum atomic E-state index is 11.3. The van der Waals surface area contributed by atoms with E-state index in [2.05, 4.69) is 5.32 Å². The molecule has 0 bridgehead atoms.